The Morgan fingerprint density at radius 2 is 1.90 bits per heavy atom. The van der Waals surface area contributed by atoms with Crippen molar-refractivity contribution in [2.45, 2.75) is 6.92 Å². The highest BCUT2D eigenvalue weighted by atomic mass is 35.5. The normalized spacial score (nSPS) is 11.8. The van der Waals surface area contributed by atoms with Crippen LogP contribution >= 0.6 is 11.6 Å². The predicted molar refractivity (Wildman–Crippen MR) is 84.9 cm³/mol. The maximum atomic E-state index is 5.94. The van der Waals surface area contributed by atoms with Crippen LogP contribution < -0.4 is 0 Å². The third-order valence-corrected chi connectivity index (χ3v) is 3.31. The molecule has 1 aromatic heterocycles. The summed E-state index contributed by atoms with van der Waals surface area (Å²) in [6, 6.07) is 17.2. The van der Waals surface area contributed by atoms with Crippen LogP contribution in [-0.4, -0.2) is 12.3 Å². The Labute approximate surface area is 127 Å². The molecular formula is C17H14ClNO2. The van der Waals surface area contributed by atoms with Gasteiger partial charge in [0.2, 0.25) is 0 Å². The topological polar surface area (TPSA) is 34.7 Å². The summed E-state index contributed by atoms with van der Waals surface area (Å²) < 4.78 is 5.87. The van der Waals surface area contributed by atoms with Gasteiger partial charge in [0.1, 0.15) is 12.2 Å². The Bertz CT molecular complexity index is 742. The summed E-state index contributed by atoms with van der Waals surface area (Å²) in [5.41, 5.74) is 2.38. The fourth-order valence-corrected chi connectivity index (χ4v) is 2.20. The number of rotatable bonds is 4. The van der Waals surface area contributed by atoms with E-state index in [1.54, 1.807) is 0 Å². The number of furan rings is 1. The van der Waals surface area contributed by atoms with Crippen molar-refractivity contribution in [1.82, 2.24) is 0 Å². The Morgan fingerprint density at radius 1 is 1.14 bits per heavy atom. The van der Waals surface area contributed by atoms with Gasteiger partial charge in [-0.15, -0.1) is 0 Å². The van der Waals surface area contributed by atoms with E-state index >= 15 is 0 Å². The molecule has 0 saturated carbocycles. The number of benzene rings is 2. The van der Waals surface area contributed by atoms with Gasteiger partial charge < -0.3 is 9.25 Å². The van der Waals surface area contributed by atoms with Gasteiger partial charge >= 0.3 is 0 Å². The van der Waals surface area contributed by atoms with E-state index in [4.69, 9.17) is 20.9 Å². The molecule has 0 aliphatic rings. The van der Waals surface area contributed by atoms with Crippen LogP contribution in [0, 0.1) is 0 Å². The van der Waals surface area contributed by atoms with E-state index < -0.39 is 0 Å². The molecule has 3 rings (SSSR count). The molecule has 106 valence electrons. The summed E-state index contributed by atoms with van der Waals surface area (Å²) in [6.45, 7) is 2.39. The van der Waals surface area contributed by atoms with Crippen LogP contribution in [0.25, 0.3) is 11.0 Å². The van der Waals surface area contributed by atoms with Gasteiger partial charge in [-0.1, -0.05) is 47.1 Å². The maximum absolute atomic E-state index is 5.94. The summed E-state index contributed by atoms with van der Waals surface area (Å²) in [5, 5.41) is 5.90. The Balaban J connectivity index is 2.08. The predicted octanol–water partition coefficient (Wildman–Crippen LogP) is 4.88. The molecule has 0 atom stereocenters. The molecule has 0 radical (unpaired) electrons. The van der Waals surface area contributed by atoms with Crippen molar-refractivity contribution in [3.8, 4) is 0 Å². The standard InChI is InChI=1S/C17H14ClNO2/c1-2-20-19-17(12-7-9-14(18)10-8-12)16-11-13-5-3-4-6-15(13)21-16/h3-11H,2H2,1H3/b19-17+. The van der Waals surface area contributed by atoms with Crippen molar-refractivity contribution in [3.63, 3.8) is 0 Å². The van der Waals surface area contributed by atoms with Gasteiger partial charge in [-0.3, -0.25) is 0 Å². The lowest BCUT2D eigenvalue weighted by molar-refractivity contribution is 0.159. The van der Waals surface area contributed by atoms with Crippen LogP contribution in [0.4, 0.5) is 0 Å². The zero-order chi connectivity index (χ0) is 14.7. The molecule has 3 aromatic rings. The van der Waals surface area contributed by atoms with E-state index in [2.05, 4.69) is 5.16 Å². The fraction of sp³-hybridized carbons (Fsp3) is 0.118. The minimum absolute atomic E-state index is 0.497. The summed E-state index contributed by atoms with van der Waals surface area (Å²) in [4.78, 5) is 5.23. The van der Waals surface area contributed by atoms with Crippen LogP contribution in [0.3, 0.4) is 0 Å². The van der Waals surface area contributed by atoms with Gasteiger partial charge in [0.05, 0.1) is 0 Å². The molecule has 4 heteroatoms. The van der Waals surface area contributed by atoms with Crippen LogP contribution in [0.1, 0.15) is 18.2 Å². The van der Waals surface area contributed by atoms with Crippen LogP contribution in [0.5, 0.6) is 0 Å². The largest absolute Gasteiger partial charge is 0.454 e. The van der Waals surface area contributed by atoms with Crippen LogP contribution in [-0.2, 0) is 4.84 Å². The van der Waals surface area contributed by atoms with Crippen molar-refractivity contribution in [2.75, 3.05) is 6.61 Å². The van der Waals surface area contributed by atoms with Crippen molar-refractivity contribution in [3.05, 3.63) is 70.9 Å². The van der Waals surface area contributed by atoms with Gasteiger partial charge in [0, 0.05) is 16.0 Å². The first kappa shape index (κ1) is 13.7. The second-order valence-electron chi connectivity index (χ2n) is 4.51. The van der Waals surface area contributed by atoms with E-state index in [1.165, 1.54) is 0 Å². The number of halogens is 1. The number of para-hydroxylation sites is 1. The molecule has 1 heterocycles. The van der Waals surface area contributed by atoms with Crippen LogP contribution in [0.2, 0.25) is 5.02 Å². The highest BCUT2D eigenvalue weighted by Gasteiger charge is 2.13. The van der Waals surface area contributed by atoms with Crippen molar-refractivity contribution < 1.29 is 9.25 Å². The SMILES string of the molecule is CCO/N=C(\c1ccc(Cl)cc1)c1cc2ccccc2o1. The zero-order valence-corrected chi connectivity index (χ0v) is 12.3. The van der Waals surface area contributed by atoms with E-state index in [0.717, 1.165) is 16.5 Å². The molecule has 3 nitrogen and oxygen atoms in total. The number of hydrogen-bond acceptors (Lipinski definition) is 3. The molecule has 0 unspecified atom stereocenters. The molecular weight excluding hydrogens is 286 g/mol. The first-order chi connectivity index (χ1) is 10.3. The lowest BCUT2D eigenvalue weighted by atomic mass is 10.1. The first-order valence-electron chi connectivity index (χ1n) is 6.73. The number of nitrogens with zero attached hydrogens (tertiary/aromatic N) is 1. The molecule has 0 spiro atoms. The average Bonchev–Trinajstić information content (AvgIpc) is 2.93. The van der Waals surface area contributed by atoms with Gasteiger partial charge in [0.15, 0.2) is 11.5 Å². The third-order valence-electron chi connectivity index (χ3n) is 3.06. The van der Waals surface area contributed by atoms with Crippen molar-refractivity contribution in [1.29, 1.82) is 0 Å². The molecule has 2 aromatic carbocycles. The molecule has 0 amide bonds. The number of hydrogen-bond donors (Lipinski definition) is 0. The van der Waals surface area contributed by atoms with Crippen molar-refractivity contribution >= 4 is 28.3 Å². The third kappa shape index (κ3) is 2.93. The van der Waals surface area contributed by atoms with Gasteiger partial charge in [-0.25, -0.2) is 0 Å². The monoisotopic (exact) mass is 299 g/mol. The minimum atomic E-state index is 0.497. The highest BCUT2D eigenvalue weighted by Crippen LogP contribution is 2.22. The quantitative estimate of drug-likeness (QED) is 0.508. The molecule has 0 aliphatic heterocycles. The molecule has 0 aliphatic carbocycles. The zero-order valence-electron chi connectivity index (χ0n) is 11.5. The van der Waals surface area contributed by atoms with Gasteiger partial charge in [-0.2, -0.15) is 0 Å². The lowest BCUT2D eigenvalue weighted by Gasteiger charge is -2.03. The molecule has 0 saturated heterocycles. The Morgan fingerprint density at radius 3 is 2.62 bits per heavy atom. The molecule has 0 bridgehead atoms. The molecule has 0 N–H and O–H groups in total. The first-order valence-corrected chi connectivity index (χ1v) is 7.10. The number of oxime groups is 1. The second kappa shape index (κ2) is 6.02. The maximum Gasteiger partial charge on any atom is 0.157 e. The smallest absolute Gasteiger partial charge is 0.157 e. The van der Waals surface area contributed by atoms with Gasteiger partial charge in [0.25, 0.3) is 0 Å². The lowest BCUT2D eigenvalue weighted by Crippen LogP contribution is -2.03. The molecule has 0 fully saturated rings. The summed E-state index contributed by atoms with van der Waals surface area (Å²) in [6.07, 6.45) is 0. The Kier molecular flexibility index (Phi) is 3.93. The van der Waals surface area contributed by atoms with E-state index in [9.17, 15) is 0 Å². The average molecular weight is 300 g/mol. The summed E-state index contributed by atoms with van der Waals surface area (Å²) in [7, 11) is 0. The second-order valence-corrected chi connectivity index (χ2v) is 4.95. The van der Waals surface area contributed by atoms with Crippen LogP contribution in [0.15, 0.2) is 64.2 Å². The fourth-order valence-electron chi connectivity index (χ4n) is 2.08. The summed E-state index contributed by atoms with van der Waals surface area (Å²) >= 11 is 5.94. The Hall–Kier alpha value is -2.26. The van der Waals surface area contributed by atoms with E-state index in [0.29, 0.717) is 23.1 Å². The highest BCUT2D eigenvalue weighted by molar-refractivity contribution is 6.30. The minimum Gasteiger partial charge on any atom is -0.454 e. The molecule has 21 heavy (non-hydrogen) atoms. The van der Waals surface area contributed by atoms with Gasteiger partial charge in [-0.05, 0) is 31.2 Å². The van der Waals surface area contributed by atoms with E-state index in [-0.39, 0.29) is 0 Å². The summed E-state index contributed by atoms with van der Waals surface area (Å²) in [5.74, 6) is 0.673. The number of fused-ring (bicyclic) bond motifs is 1. The van der Waals surface area contributed by atoms with E-state index in [1.807, 2.05) is 61.5 Å². The van der Waals surface area contributed by atoms with Crippen molar-refractivity contribution in [2.24, 2.45) is 5.16 Å².